The van der Waals surface area contributed by atoms with Crippen LogP contribution in [-0.2, 0) is 14.3 Å². The highest BCUT2D eigenvalue weighted by Gasteiger charge is 2.23. The first-order chi connectivity index (χ1) is 13.3. The molecule has 1 unspecified atom stereocenters. The van der Waals surface area contributed by atoms with Gasteiger partial charge in [0, 0.05) is 25.2 Å². The molecule has 0 aliphatic rings. The van der Waals surface area contributed by atoms with Crippen molar-refractivity contribution in [2.24, 2.45) is 11.7 Å². The fourth-order valence-electron chi connectivity index (χ4n) is 2.20. The van der Waals surface area contributed by atoms with Gasteiger partial charge >= 0.3 is 5.97 Å². The minimum Gasteiger partial charge on any atom is -0.493 e. The van der Waals surface area contributed by atoms with Crippen molar-refractivity contribution >= 4 is 18.2 Å². The monoisotopic (exact) mass is 389 g/mol. The van der Waals surface area contributed by atoms with E-state index in [0.29, 0.717) is 12.1 Å². The number of hydrogen-bond donors (Lipinski definition) is 3. The molecule has 28 heavy (non-hydrogen) atoms. The number of amides is 1. The zero-order chi connectivity index (χ0) is 20.7. The Balaban J connectivity index is 1.90. The van der Waals surface area contributed by atoms with Gasteiger partial charge in [0.1, 0.15) is 6.04 Å². The number of aromatic hydroxyl groups is 1. The van der Waals surface area contributed by atoms with Crippen molar-refractivity contribution in [3.8, 4) is 11.7 Å². The Morgan fingerprint density at radius 1 is 1.39 bits per heavy atom. The number of aromatic nitrogens is 3. The standard InChI is InChI=1S/C18H23N5O5/c1-11(2)16(19)18(27)28-12(10-24)6-8-21-17(26)13-9-15(25)23(22-13)14-5-3-4-7-20-14/h3-5,7,9-12,16,25H,6,8,19H2,1-2H3,(H,21,26)/t12?,16-/m0/s1. The number of rotatable bonds is 9. The van der Waals surface area contributed by atoms with Crippen molar-refractivity contribution in [2.45, 2.75) is 32.4 Å². The van der Waals surface area contributed by atoms with Gasteiger partial charge in [-0.1, -0.05) is 19.9 Å². The first-order valence-corrected chi connectivity index (χ1v) is 8.73. The van der Waals surface area contributed by atoms with Crippen LogP contribution in [0.25, 0.3) is 5.82 Å². The number of nitrogens with two attached hydrogens (primary N) is 1. The molecule has 0 radical (unpaired) electrons. The van der Waals surface area contributed by atoms with Crippen molar-refractivity contribution in [2.75, 3.05) is 6.54 Å². The smallest absolute Gasteiger partial charge is 0.323 e. The summed E-state index contributed by atoms with van der Waals surface area (Å²) >= 11 is 0. The molecule has 150 valence electrons. The number of esters is 1. The minimum atomic E-state index is -1.02. The lowest BCUT2D eigenvalue weighted by Gasteiger charge is -2.18. The van der Waals surface area contributed by atoms with Crippen LogP contribution in [0.3, 0.4) is 0 Å². The summed E-state index contributed by atoms with van der Waals surface area (Å²) in [5.41, 5.74) is 5.66. The first-order valence-electron chi connectivity index (χ1n) is 8.73. The molecule has 1 amide bonds. The quantitative estimate of drug-likeness (QED) is 0.406. The van der Waals surface area contributed by atoms with Crippen molar-refractivity contribution in [1.82, 2.24) is 20.1 Å². The van der Waals surface area contributed by atoms with Crippen molar-refractivity contribution in [3.63, 3.8) is 0 Å². The van der Waals surface area contributed by atoms with Crippen LogP contribution in [0, 0.1) is 5.92 Å². The van der Waals surface area contributed by atoms with Crippen LogP contribution in [0.1, 0.15) is 30.8 Å². The van der Waals surface area contributed by atoms with E-state index in [-0.39, 0.29) is 30.5 Å². The number of nitrogens with one attached hydrogen (secondary N) is 1. The van der Waals surface area contributed by atoms with E-state index in [1.165, 1.54) is 12.3 Å². The molecule has 0 aliphatic carbocycles. The van der Waals surface area contributed by atoms with Crippen molar-refractivity contribution in [1.29, 1.82) is 0 Å². The first kappa shape index (κ1) is 21.0. The van der Waals surface area contributed by atoms with Gasteiger partial charge < -0.3 is 20.9 Å². The molecule has 0 saturated heterocycles. The Morgan fingerprint density at radius 2 is 2.14 bits per heavy atom. The van der Waals surface area contributed by atoms with Gasteiger partial charge in [-0.15, -0.1) is 0 Å². The molecule has 2 rings (SSSR count). The van der Waals surface area contributed by atoms with Crippen molar-refractivity contribution < 1.29 is 24.2 Å². The summed E-state index contributed by atoms with van der Waals surface area (Å²) in [5, 5.41) is 16.5. The average Bonchev–Trinajstić information content (AvgIpc) is 3.08. The normalized spacial score (nSPS) is 13.0. The molecule has 2 heterocycles. The van der Waals surface area contributed by atoms with Crippen LogP contribution in [0.2, 0.25) is 0 Å². The highest BCUT2D eigenvalue weighted by atomic mass is 16.5. The number of hydrogen-bond acceptors (Lipinski definition) is 8. The third kappa shape index (κ3) is 5.36. The van der Waals surface area contributed by atoms with E-state index in [1.807, 2.05) is 0 Å². The van der Waals surface area contributed by atoms with Gasteiger partial charge in [0.15, 0.2) is 23.9 Å². The topological polar surface area (TPSA) is 149 Å². The molecule has 4 N–H and O–H groups in total. The van der Waals surface area contributed by atoms with Crippen molar-refractivity contribution in [3.05, 3.63) is 36.2 Å². The maximum Gasteiger partial charge on any atom is 0.323 e. The molecule has 0 aliphatic heterocycles. The Bertz CT molecular complexity index is 821. The fourth-order valence-corrected chi connectivity index (χ4v) is 2.20. The number of aldehydes is 1. The zero-order valence-corrected chi connectivity index (χ0v) is 15.6. The average molecular weight is 389 g/mol. The van der Waals surface area contributed by atoms with Crippen LogP contribution in [0.4, 0.5) is 0 Å². The van der Waals surface area contributed by atoms with E-state index in [4.69, 9.17) is 10.5 Å². The third-order valence-corrected chi connectivity index (χ3v) is 3.91. The van der Waals surface area contributed by atoms with Crippen LogP contribution in [-0.4, -0.2) is 56.7 Å². The lowest BCUT2D eigenvalue weighted by Crippen LogP contribution is -2.40. The zero-order valence-electron chi connectivity index (χ0n) is 15.6. The molecule has 2 aromatic heterocycles. The molecule has 2 atom stereocenters. The summed E-state index contributed by atoms with van der Waals surface area (Å²) in [6.07, 6.45) is 1.08. The van der Waals surface area contributed by atoms with Crippen LogP contribution in [0.5, 0.6) is 5.88 Å². The second kappa shape index (κ2) is 9.60. The molecular formula is C18H23N5O5. The molecule has 0 saturated carbocycles. The van der Waals surface area contributed by atoms with Crippen LogP contribution in [0.15, 0.2) is 30.5 Å². The molecule has 0 fully saturated rings. The van der Waals surface area contributed by atoms with Crippen LogP contribution < -0.4 is 11.1 Å². The minimum absolute atomic E-state index is 0.0235. The molecule has 10 nitrogen and oxygen atoms in total. The predicted octanol–water partition coefficient (Wildman–Crippen LogP) is 0.187. The Morgan fingerprint density at radius 3 is 2.75 bits per heavy atom. The summed E-state index contributed by atoms with van der Waals surface area (Å²) in [4.78, 5) is 39.1. The lowest BCUT2D eigenvalue weighted by atomic mass is 10.1. The van der Waals surface area contributed by atoms with E-state index >= 15 is 0 Å². The Labute approximate surface area is 161 Å². The van der Waals surface area contributed by atoms with Gasteiger partial charge in [0.05, 0.1) is 0 Å². The van der Waals surface area contributed by atoms with Gasteiger partial charge in [-0.25, -0.2) is 4.98 Å². The van der Waals surface area contributed by atoms with Gasteiger partial charge in [0.25, 0.3) is 5.91 Å². The summed E-state index contributed by atoms with van der Waals surface area (Å²) in [5.74, 6) is -1.24. The van der Waals surface area contributed by atoms with E-state index in [1.54, 1.807) is 32.0 Å². The Hall–Kier alpha value is -3.27. The fraction of sp³-hybridized carbons (Fsp3) is 0.389. The molecule has 0 spiro atoms. The highest BCUT2D eigenvalue weighted by Crippen LogP contribution is 2.16. The van der Waals surface area contributed by atoms with E-state index in [9.17, 15) is 19.5 Å². The molecule has 0 bridgehead atoms. The molecule has 0 aromatic carbocycles. The highest BCUT2D eigenvalue weighted by molar-refractivity contribution is 5.92. The number of nitrogens with zero attached hydrogens (tertiary/aromatic N) is 3. The lowest BCUT2D eigenvalue weighted by molar-refractivity contribution is -0.154. The maximum absolute atomic E-state index is 12.2. The second-order valence-electron chi connectivity index (χ2n) is 6.41. The summed E-state index contributed by atoms with van der Waals surface area (Å²) in [7, 11) is 0. The van der Waals surface area contributed by atoms with Gasteiger partial charge in [-0.3, -0.25) is 14.4 Å². The molecular weight excluding hydrogens is 366 g/mol. The maximum atomic E-state index is 12.2. The number of pyridine rings is 1. The summed E-state index contributed by atoms with van der Waals surface area (Å²) in [6, 6.07) is 5.43. The second-order valence-corrected chi connectivity index (χ2v) is 6.41. The van der Waals surface area contributed by atoms with E-state index < -0.39 is 24.0 Å². The molecule has 10 heteroatoms. The van der Waals surface area contributed by atoms with Gasteiger partial charge in [0.2, 0.25) is 5.88 Å². The number of carbonyl (C=O) groups excluding carboxylic acids is 3. The van der Waals surface area contributed by atoms with E-state index in [0.717, 1.165) is 4.68 Å². The summed E-state index contributed by atoms with van der Waals surface area (Å²) in [6.45, 7) is 3.59. The van der Waals surface area contributed by atoms with Gasteiger partial charge in [-0.2, -0.15) is 9.78 Å². The third-order valence-electron chi connectivity index (χ3n) is 3.91. The summed E-state index contributed by atoms with van der Waals surface area (Å²) < 4.78 is 6.16. The largest absolute Gasteiger partial charge is 0.493 e. The predicted molar refractivity (Wildman–Crippen MR) is 98.7 cm³/mol. The molecule has 2 aromatic rings. The SMILES string of the molecule is CC(C)[C@H](N)C(=O)OC(C=O)CCNC(=O)c1cc(O)n(-c2ccccn2)n1. The van der Waals surface area contributed by atoms with Crippen LogP contribution >= 0.6 is 0 Å². The number of carbonyl (C=O) groups is 3. The Kier molecular flexibility index (Phi) is 7.21. The van der Waals surface area contributed by atoms with Gasteiger partial charge in [-0.05, 0) is 18.1 Å². The van der Waals surface area contributed by atoms with E-state index in [2.05, 4.69) is 15.4 Å². The number of ether oxygens (including phenoxy) is 1.